The fourth-order valence-electron chi connectivity index (χ4n) is 17.6. The summed E-state index contributed by atoms with van der Waals surface area (Å²) in [5.74, 6) is 12.2. The Balaban J connectivity index is 1.22. The van der Waals surface area contributed by atoms with Gasteiger partial charge in [-0.15, -0.1) is 5.92 Å². The number of aliphatic hydroxyl groups is 3. The highest BCUT2D eigenvalue weighted by molar-refractivity contribution is 5.94. The van der Waals surface area contributed by atoms with Gasteiger partial charge >= 0.3 is 11.9 Å². The quantitative estimate of drug-likeness (QED) is 0.115. The number of aromatic hydroxyl groups is 1. The number of allylic oxidation sites excluding steroid dienone is 1. The second kappa shape index (κ2) is 18.8. The van der Waals surface area contributed by atoms with Gasteiger partial charge in [0.05, 0.1) is 24.0 Å². The first-order valence-corrected chi connectivity index (χ1v) is 27.4. The van der Waals surface area contributed by atoms with Gasteiger partial charge in [0, 0.05) is 90.6 Å². The zero-order chi connectivity index (χ0) is 48.6. The van der Waals surface area contributed by atoms with Crippen LogP contribution in [0.5, 0.6) is 11.5 Å². The normalized spacial score (nSPS) is 41.5. The second-order valence-corrected chi connectivity index (χ2v) is 24.0. The number of piperidine rings is 2. The molecule has 2 saturated heterocycles. The van der Waals surface area contributed by atoms with Gasteiger partial charge in [0.15, 0.2) is 11.5 Å². The SMILES string of the molecule is CC(=O)OC1C2C=C3C#CCC4CC(CCN4)(C2OC(=O)C24CCCCC2CC2(CCCC32)C(=O)N4)C2c3ccc(O)c4c3C(CC2C#CCC(CC(C)O)C1CCCO)C(C1(CO)CCCC1)CO4. The monoisotopic (exact) mass is 961 g/mol. The number of esters is 2. The Hall–Kier alpha value is -4.07. The van der Waals surface area contributed by atoms with Crippen LogP contribution < -0.4 is 15.4 Å². The molecule has 12 rings (SSSR count). The molecule has 70 heavy (non-hydrogen) atoms. The maximum absolute atomic E-state index is 16.2. The number of ether oxygens (including phenoxy) is 3. The number of hydrogen-bond donors (Lipinski definition) is 6. The highest BCUT2D eigenvalue weighted by Gasteiger charge is 2.66. The lowest BCUT2D eigenvalue weighted by molar-refractivity contribution is -0.193. The second-order valence-electron chi connectivity index (χ2n) is 24.0. The highest BCUT2D eigenvalue weighted by Crippen LogP contribution is 2.67. The molecular weight excluding hydrogens is 885 g/mol. The molecule has 16 unspecified atom stereocenters. The Kier molecular flexibility index (Phi) is 12.9. The molecule has 0 aromatic heterocycles. The summed E-state index contributed by atoms with van der Waals surface area (Å²) in [7, 11) is 0. The van der Waals surface area contributed by atoms with Gasteiger partial charge in [-0.25, -0.2) is 4.79 Å². The van der Waals surface area contributed by atoms with Crippen LogP contribution in [0.25, 0.3) is 0 Å². The Morgan fingerprint density at radius 3 is 2.61 bits per heavy atom. The summed E-state index contributed by atoms with van der Waals surface area (Å²) in [6.07, 6.45) is 13.5. The van der Waals surface area contributed by atoms with Gasteiger partial charge in [0.2, 0.25) is 5.91 Å². The molecule has 5 heterocycles. The lowest BCUT2D eigenvalue weighted by Gasteiger charge is -2.58. The zero-order valence-corrected chi connectivity index (χ0v) is 41.4. The molecule has 12 nitrogen and oxygen atoms in total. The van der Waals surface area contributed by atoms with Crippen LogP contribution in [0.2, 0.25) is 0 Å². The molecule has 378 valence electrons. The summed E-state index contributed by atoms with van der Waals surface area (Å²) in [6.45, 7) is 4.19. The molecule has 0 radical (unpaired) electrons. The minimum absolute atomic E-state index is 0.0146. The highest BCUT2D eigenvalue weighted by atomic mass is 16.6. The number of amides is 1. The van der Waals surface area contributed by atoms with Crippen molar-refractivity contribution in [1.82, 2.24) is 10.6 Å². The van der Waals surface area contributed by atoms with Crippen LogP contribution >= 0.6 is 0 Å². The number of benzene rings is 1. The van der Waals surface area contributed by atoms with E-state index < -0.39 is 58.5 Å². The van der Waals surface area contributed by atoms with Crippen molar-refractivity contribution in [3.05, 3.63) is 34.9 Å². The van der Waals surface area contributed by atoms with Crippen molar-refractivity contribution in [2.75, 3.05) is 26.4 Å². The average molecular weight is 961 g/mol. The van der Waals surface area contributed by atoms with E-state index in [0.29, 0.717) is 89.5 Å². The van der Waals surface area contributed by atoms with E-state index >= 15 is 9.59 Å². The maximum atomic E-state index is 16.2. The van der Waals surface area contributed by atoms with Gasteiger partial charge < -0.3 is 45.3 Å². The molecule has 3 spiro atoms. The summed E-state index contributed by atoms with van der Waals surface area (Å²) in [5, 5.41) is 52.3. The summed E-state index contributed by atoms with van der Waals surface area (Å²) >= 11 is 0. The number of fused-ring (bicyclic) bond motifs is 5. The number of nitrogens with one attached hydrogen (secondary N) is 2. The Bertz CT molecular complexity index is 2390. The first-order valence-electron chi connectivity index (χ1n) is 27.4. The largest absolute Gasteiger partial charge is 0.504 e. The van der Waals surface area contributed by atoms with Crippen LogP contribution in [0, 0.1) is 81.4 Å². The molecule has 11 aliphatic rings. The number of rotatable bonds is 8. The molecule has 1 aromatic rings. The van der Waals surface area contributed by atoms with Crippen molar-refractivity contribution in [3.8, 4) is 35.2 Å². The molecule has 7 bridgehead atoms. The average Bonchev–Trinajstić information content (AvgIpc) is 4.00. The van der Waals surface area contributed by atoms with Crippen LogP contribution in [-0.4, -0.2) is 94.5 Å². The molecule has 5 aliphatic heterocycles. The minimum Gasteiger partial charge on any atom is -0.504 e. The van der Waals surface area contributed by atoms with Crippen LogP contribution in [0.15, 0.2) is 23.8 Å². The molecule has 6 N–H and O–H groups in total. The summed E-state index contributed by atoms with van der Waals surface area (Å²) in [5.41, 5.74) is -0.350. The van der Waals surface area contributed by atoms with E-state index in [0.717, 1.165) is 74.5 Å². The lowest BCUT2D eigenvalue weighted by atomic mass is 9.50. The van der Waals surface area contributed by atoms with Crippen molar-refractivity contribution in [2.45, 2.75) is 184 Å². The Labute approximate surface area is 414 Å². The topological polar surface area (TPSA) is 184 Å². The fraction of sp³-hybridized carbons (Fsp3) is 0.741. The molecule has 6 aliphatic carbocycles. The van der Waals surface area contributed by atoms with Crippen LogP contribution in [0.3, 0.4) is 0 Å². The lowest BCUT2D eigenvalue weighted by Crippen LogP contribution is -2.70. The summed E-state index contributed by atoms with van der Waals surface area (Å²) < 4.78 is 21.2. The summed E-state index contributed by atoms with van der Waals surface area (Å²) in [6, 6.07) is 3.73. The van der Waals surface area contributed by atoms with Crippen molar-refractivity contribution >= 4 is 17.8 Å². The first kappa shape index (κ1) is 48.2. The smallest absolute Gasteiger partial charge is 0.332 e. The van der Waals surface area contributed by atoms with Crippen LogP contribution in [-0.2, 0) is 23.9 Å². The van der Waals surface area contributed by atoms with Gasteiger partial charge in [-0.1, -0.05) is 62.0 Å². The van der Waals surface area contributed by atoms with E-state index in [2.05, 4.69) is 46.5 Å². The zero-order valence-electron chi connectivity index (χ0n) is 41.4. The molecule has 1 amide bonds. The van der Waals surface area contributed by atoms with Gasteiger partial charge in [-0.2, -0.15) is 0 Å². The van der Waals surface area contributed by atoms with Gasteiger partial charge in [-0.3, -0.25) is 9.59 Å². The Morgan fingerprint density at radius 1 is 1.00 bits per heavy atom. The molecule has 16 atom stereocenters. The number of carbonyl (C=O) groups excluding carboxylic acids is 3. The number of phenolic OH excluding ortho intramolecular Hbond substituents is 1. The molecular formula is C58H76N2O10. The Morgan fingerprint density at radius 2 is 1.83 bits per heavy atom. The van der Waals surface area contributed by atoms with E-state index in [1.807, 2.05) is 0 Å². The van der Waals surface area contributed by atoms with Crippen molar-refractivity contribution in [1.29, 1.82) is 0 Å². The van der Waals surface area contributed by atoms with Gasteiger partial charge in [0.25, 0.3) is 0 Å². The fourth-order valence-corrected chi connectivity index (χ4v) is 17.6. The molecule has 3 saturated carbocycles. The molecule has 5 fully saturated rings. The molecule has 12 heteroatoms. The predicted molar refractivity (Wildman–Crippen MR) is 261 cm³/mol. The van der Waals surface area contributed by atoms with E-state index in [1.165, 1.54) is 6.92 Å². The third-order valence-electron chi connectivity index (χ3n) is 20.5. The van der Waals surface area contributed by atoms with E-state index in [-0.39, 0.29) is 77.8 Å². The van der Waals surface area contributed by atoms with Gasteiger partial charge in [-0.05, 0) is 126 Å². The summed E-state index contributed by atoms with van der Waals surface area (Å²) in [4.78, 5) is 45.4. The van der Waals surface area contributed by atoms with E-state index in [9.17, 15) is 25.2 Å². The maximum Gasteiger partial charge on any atom is 0.332 e. The van der Waals surface area contributed by atoms with Crippen molar-refractivity contribution in [3.63, 3.8) is 0 Å². The first-order chi connectivity index (χ1) is 33.9. The third-order valence-corrected chi connectivity index (χ3v) is 20.5. The minimum atomic E-state index is -1.23. The predicted octanol–water partition coefficient (Wildman–Crippen LogP) is 7.10. The number of carbonyl (C=O) groups is 3. The van der Waals surface area contributed by atoms with E-state index in [4.69, 9.17) is 14.2 Å². The van der Waals surface area contributed by atoms with E-state index in [1.54, 1.807) is 13.0 Å². The standard InChI is InChI=1S/C58H76N2O10/c1-34(63)27-36-11-7-13-38-29-43-46(55(33-62)20-5-6-21-55)32-68-51-47(65)19-18-42(48(43)51)49(38)57-24-25-59-40(31-57)15-8-12-37-28-44(50(69-35(2)64)41(36)16-10-26-61)52(57)70-54(67)58-23-4-3-14-39(58)30-56(53(66)60-58)22-9-17-45(37)56/h18-19,28,34,36,38-41,43-46,49-50,52,59,61-63,65H,3-6,9-11,14-17,20-27,29-33H2,1-2H3,(H,60,66). The number of phenols is 1. The third kappa shape index (κ3) is 7.73. The molecule has 1 aromatic carbocycles. The van der Waals surface area contributed by atoms with Crippen molar-refractivity contribution in [2.24, 2.45) is 57.7 Å². The van der Waals surface area contributed by atoms with Crippen LogP contribution in [0.1, 0.15) is 165 Å². The number of hydrogen-bond acceptors (Lipinski definition) is 11. The number of aliphatic hydroxyl groups excluding tert-OH is 3. The van der Waals surface area contributed by atoms with Gasteiger partial charge in [0.1, 0.15) is 17.7 Å². The van der Waals surface area contributed by atoms with Crippen molar-refractivity contribution < 1.29 is 49.0 Å². The van der Waals surface area contributed by atoms with Crippen LogP contribution in [0.4, 0.5) is 0 Å².